The van der Waals surface area contributed by atoms with Crippen molar-refractivity contribution in [2.45, 2.75) is 38.2 Å². The maximum absolute atomic E-state index is 12.5. The van der Waals surface area contributed by atoms with Gasteiger partial charge in [-0.15, -0.1) is 0 Å². The van der Waals surface area contributed by atoms with Crippen molar-refractivity contribution in [2.24, 2.45) is 0 Å². The van der Waals surface area contributed by atoms with Crippen LogP contribution in [0.4, 0.5) is 10.5 Å². The third-order valence-electron chi connectivity index (χ3n) is 4.52. The molecule has 2 fully saturated rings. The fourth-order valence-corrected chi connectivity index (χ4v) is 3.20. The summed E-state index contributed by atoms with van der Waals surface area (Å²) in [5.74, 6) is 0.0399. The topological polar surface area (TPSA) is 70.7 Å². The van der Waals surface area contributed by atoms with Gasteiger partial charge in [-0.1, -0.05) is 6.07 Å². The van der Waals surface area contributed by atoms with Gasteiger partial charge in [0.2, 0.25) is 0 Å². The van der Waals surface area contributed by atoms with Crippen LogP contribution in [-0.4, -0.2) is 49.2 Å². The number of amides is 3. The van der Waals surface area contributed by atoms with Crippen molar-refractivity contribution in [2.75, 3.05) is 31.6 Å². The van der Waals surface area contributed by atoms with Crippen molar-refractivity contribution in [3.8, 4) is 0 Å². The molecular weight excluding hydrogens is 306 g/mol. The van der Waals surface area contributed by atoms with E-state index in [1.165, 1.54) is 6.42 Å². The number of benzene rings is 1. The molecule has 0 aromatic heterocycles. The third kappa shape index (κ3) is 4.47. The summed E-state index contributed by atoms with van der Waals surface area (Å²) in [4.78, 5) is 26.4. The van der Waals surface area contributed by atoms with Crippen molar-refractivity contribution in [1.82, 2.24) is 10.2 Å². The van der Waals surface area contributed by atoms with E-state index < -0.39 is 0 Å². The summed E-state index contributed by atoms with van der Waals surface area (Å²) in [6.07, 6.45) is 5.47. The van der Waals surface area contributed by atoms with Gasteiger partial charge in [0.25, 0.3) is 5.91 Å². The molecule has 3 amide bonds. The lowest BCUT2D eigenvalue weighted by Gasteiger charge is -2.26. The highest BCUT2D eigenvalue weighted by atomic mass is 16.5. The molecule has 0 spiro atoms. The Morgan fingerprint density at radius 3 is 2.75 bits per heavy atom. The summed E-state index contributed by atoms with van der Waals surface area (Å²) in [5.41, 5.74) is 1.25. The lowest BCUT2D eigenvalue weighted by molar-refractivity contribution is 0.0724. The molecule has 2 N–H and O–H groups in total. The van der Waals surface area contributed by atoms with Gasteiger partial charge in [0.05, 0.1) is 6.10 Å². The lowest BCUT2D eigenvalue weighted by Crippen LogP contribution is -2.36. The number of rotatable bonds is 4. The van der Waals surface area contributed by atoms with Crippen LogP contribution in [0.2, 0.25) is 0 Å². The highest BCUT2D eigenvalue weighted by Crippen LogP contribution is 2.16. The highest BCUT2D eigenvalue weighted by Gasteiger charge is 2.19. The second-order valence-corrected chi connectivity index (χ2v) is 6.40. The summed E-state index contributed by atoms with van der Waals surface area (Å²) in [5, 5.41) is 5.60. The normalized spacial score (nSPS) is 20.7. The Labute approximate surface area is 142 Å². The quantitative estimate of drug-likeness (QED) is 0.891. The molecule has 2 heterocycles. The molecular formula is C18H25N3O3. The van der Waals surface area contributed by atoms with Gasteiger partial charge in [0.1, 0.15) is 0 Å². The molecule has 6 heteroatoms. The number of piperidine rings is 1. The predicted octanol–water partition coefficient (Wildman–Crippen LogP) is 2.61. The first kappa shape index (κ1) is 16.8. The first-order chi connectivity index (χ1) is 11.7. The molecule has 0 saturated carbocycles. The summed E-state index contributed by atoms with van der Waals surface area (Å²) < 4.78 is 5.48. The second-order valence-electron chi connectivity index (χ2n) is 6.40. The Hall–Kier alpha value is -2.08. The number of urea groups is 1. The van der Waals surface area contributed by atoms with Crippen LogP contribution in [0, 0.1) is 0 Å². The van der Waals surface area contributed by atoms with Gasteiger partial charge in [-0.25, -0.2) is 4.79 Å². The predicted molar refractivity (Wildman–Crippen MR) is 92.2 cm³/mol. The molecule has 0 bridgehead atoms. The summed E-state index contributed by atoms with van der Waals surface area (Å²) in [6, 6.07) is 6.86. The van der Waals surface area contributed by atoms with Gasteiger partial charge in [-0.2, -0.15) is 0 Å². The third-order valence-corrected chi connectivity index (χ3v) is 4.52. The largest absolute Gasteiger partial charge is 0.376 e. The second kappa shape index (κ2) is 8.15. The molecule has 1 aromatic carbocycles. The number of hydrogen-bond donors (Lipinski definition) is 2. The van der Waals surface area contributed by atoms with Crippen LogP contribution in [0.25, 0.3) is 0 Å². The molecule has 1 atom stereocenters. The number of likely N-dealkylation sites (tertiary alicyclic amines) is 1. The fraction of sp³-hybridized carbons (Fsp3) is 0.556. The van der Waals surface area contributed by atoms with Gasteiger partial charge in [0.15, 0.2) is 0 Å². The van der Waals surface area contributed by atoms with Crippen molar-refractivity contribution in [3.05, 3.63) is 29.8 Å². The van der Waals surface area contributed by atoms with Crippen LogP contribution < -0.4 is 10.6 Å². The first-order valence-electron chi connectivity index (χ1n) is 8.78. The molecule has 6 nitrogen and oxygen atoms in total. The molecule has 1 aromatic rings. The molecule has 2 saturated heterocycles. The van der Waals surface area contributed by atoms with E-state index in [0.29, 0.717) is 17.8 Å². The Morgan fingerprint density at radius 1 is 1.17 bits per heavy atom. The van der Waals surface area contributed by atoms with Crippen molar-refractivity contribution >= 4 is 17.6 Å². The van der Waals surface area contributed by atoms with Crippen LogP contribution in [0.5, 0.6) is 0 Å². The summed E-state index contributed by atoms with van der Waals surface area (Å²) in [6.45, 7) is 2.92. The van der Waals surface area contributed by atoms with Crippen LogP contribution in [-0.2, 0) is 4.74 Å². The minimum atomic E-state index is -0.270. The van der Waals surface area contributed by atoms with Crippen LogP contribution in [0.15, 0.2) is 24.3 Å². The highest BCUT2D eigenvalue weighted by molar-refractivity contribution is 5.97. The number of nitrogens with zero attached hydrogens (tertiary/aromatic N) is 1. The number of carbonyl (C=O) groups excluding carboxylic acids is 2. The van der Waals surface area contributed by atoms with E-state index in [1.807, 2.05) is 4.90 Å². The Kier molecular flexibility index (Phi) is 5.69. The first-order valence-corrected chi connectivity index (χ1v) is 8.78. The average molecular weight is 331 g/mol. The number of carbonyl (C=O) groups is 2. The molecule has 2 aliphatic heterocycles. The molecule has 3 rings (SSSR count). The number of anilines is 1. The zero-order valence-corrected chi connectivity index (χ0v) is 13.9. The van der Waals surface area contributed by atoms with E-state index in [-0.39, 0.29) is 18.0 Å². The maximum atomic E-state index is 12.5. The van der Waals surface area contributed by atoms with Crippen LogP contribution in [0.1, 0.15) is 42.5 Å². The van der Waals surface area contributed by atoms with E-state index in [9.17, 15) is 9.59 Å². The Morgan fingerprint density at radius 2 is 2.00 bits per heavy atom. The average Bonchev–Trinajstić information content (AvgIpc) is 3.14. The van der Waals surface area contributed by atoms with Crippen molar-refractivity contribution < 1.29 is 14.3 Å². The Balaban J connectivity index is 1.54. The zero-order valence-electron chi connectivity index (χ0n) is 13.9. The van der Waals surface area contributed by atoms with Gasteiger partial charge in [0, 0.05) is 37.5 Å². The maximum Gasteiger partial charge on any atom is 0.319 e. The van der Waals surface area contributed by atoms with E-state index in [1.54, 1.807) is 24.3 Å². The van der Waals surface area contributed by atoms with Gasteiger partial charge in [-0.05, 0) is 50.3 Å². The van der Waals surface area contributed by atoms with E-state index in [2.05, 4.69) is 10.6 Å². The molecule has 2 aliphatic rings. The minimum absolute atomic E-state index is 0.0399. The summed E-state index contributed by atoms with van der Waals surface area (Å²) in [7, 11) is 0. The summed E-state index contributed by atoms with van der Waals surface area (Å²) >= 11 is 0. The Bertz CT molecular complexity index is 579. The molecule has 130 valence electrons. The lowest BCUT2D eigenvalue weighted by atomic mass is 10.1. The van der Waals surface area contributed by atoms with Crippen molar-refractivity contribution in [1.29, 1.82) is 0 Å². The number of hydrogen-bond acceptors (Lipinski definition) is 3. The minimum Gasteiger partial charge on any atom is -0.376 e. The standard InChI is InChI=1S/C18H25N3O3/c22-17(21-9-2-1-3-10-21)14-6-4-7-15(12-14)20-18(23)19-13-16-8-5-11-24-16/h4,6-7,12,16H,1-3,5,8-11,13H2,(H2,19,20,23)/t16-/m1/s1. The van der Waals surface area contributed by atoms with Gasteiger partial charge in [-0.3, -0.25) is 4.79 Å². The molecule has 0 unspecified atom stereocenters. The molecule has 24 heavy (non-hydrogen) atoms. The van der Waals surface area contributed by atoms with E-state index in [4.69, 9.17) is 4.74 Å². The van der Waals surface area contributed by atoms with E-state index >= 15 is 0 Å². The smallest absolute Gasteiger partial charge is 0.319 e. The number of ether oxygens (including phenoxy) is 1. The van der Waals surface area contributed by atoms with Gasteiger partial charge >= 0.3 is 6.03 Å². The monoisotopic (exact) mass is 331 g/mol. The fourth-order valence-electron chi connectivity index (χ4n) is 3.20. The molecule has 0 aliphatic carbocycles. The van der Waals surface area contributed by atoms with Crippen LogP contribution >= 0.6 is 0 Å². The number of nitrogens with one attached hydrogen (secondary N) is 2. The van der Waals surface area contributed by atoms with Crippen LogP contribution in [0.3, 0.4) is 0 Å². The SMILES string of the molecule is O=C(NC[C@H]1CCCO1)Nc1cccc(C(=O)N2CCCCC2)c1. The van der Waals surface area contributed by atoms with Gasteiger partial charge < -0.3 is 20.3 Å². The van der Waals surface area contributed by atoms with E-state index in [0.717, 1.165) is 45.4 Å². The zero-order chi connectivity index (χ0) is 16.8. The van der Waals surface area contributed by atoms with Crippen molar-refractivity contribution in [3.63, 3.8) is 0 Å². The molecule has 0 radical (unpaired) electrons.